The first-order valence-corrected chi connectivity index (χ1v) is 6.85. The second-order valence-corrected chi connectivity index (χ2v) is 4.64. The molecule has 2 N–H and O–H groups in total. The molecule has 0 aliphatic heterocycles. The van der Waals surface area contributed by atoms with E-state index in [9.17, 15) is 9.90 Å². The summed E-state index contributed by atoms with van der Waals surface area (Å²) in [6.45, 7) is 0.699. The predicted octanol–water partition coefficient (Wildman–Crippen LogP) is 2.00. The molecule has 0 fully saturated rings. The average Bonchev–Trinajstić information content (AvgIpc) is 2.54. The Morgan fingerprint density at radius 1 is 1.18 bits per heavy atom. The maximum atomic E-state index is 11.7. The zero-order valence-corrected chi connectivity index (χ0v) is 12.0. The zero-order chi connectivity index (χ0) is 15.8. The highest BCUT2D eigenvalue weighted by Gasteiger charge is 2.06. The highest BCUT2D eigenvalue weighted by atomic mass is 16.5. The van der Waals surface area contributed by atoms with Gasteiger partial charge in [0.2, 0.25) is 5.91 Å². The number of benzene rings is 2. The van der Waals surface area contributed by atoms with E-state index in [1.807, 2.05) is 6.07 Å². The fourth-order valence-electron chi connectivity index (χ4n) is 1.88. The molecule has 0 aromatic heterocycles. The summed E-state index contributed by atoms with van der Waals surface area (Å²) in [5.74, 6) is 0.588. The van der Waals surface area contributed by atoms with Crippen molar-refractivity contribution in [1.82, 2.24) is 5.32 Å². The van der Waals surface area contributed by atoms with E-state index in [2.05, 4.69) is 5.32 Å². The second-order valence-electron chi connectivity index (χ2n) is 4.64. The maximum absolute atomic E-state index is 11.7. The molecule has 5 nitrogen and oxygen atoms in total. The quantitative estimate of drug-likeness (QED) is 0.799. The molecule has 2 rings (SSSR count). The van der Waals surface area contributed by atoms with E-state index in [1.165, 1.54) is 0 Å². The van der Waals surface area contributed by atoms with Gasteiger partial charge in [0.05, 0.1) is 24.6 Å². The molecule has 0 bridgehead atoms. The van der Waals surface area contributed by atoms with Crippen molar-refractivity contribution in [3.8, 4) is 17.6 Å². The Bertz CT molecular complexity index is 675. The summed E-state index contributed by atoms with van der Waals surface area (Å²) in [4.78, 5) is 11.7. The van der Waals surface area contributed by atoms with Crippen molar-refractivity contribution in [3.63, 3.8) is 0 Å². The highest BCUT2D eigenvalue weighted by Crippen LogP contribution is 2.15. The molecule has 2 aromatic carbocycles. The third kappa shape index (κ3) is 4.53. The first-order valence-electron chi connectivity index (χ1n) is 6.85. The number of nitrogens with one attached hydrogen (secondary N) is 1. The smallest absolute Gasteiger partial charge is 0.224 e. The molecule has 0 heterocycles. The van der Waals surface area contributed by atoms with Gasteiger partial charge in [-0.2, -0.15) is 5.26 Å². The number of hydrogen-bond donors (Lipinski definition) is 2. The van der Waals surface area contributed by atoms with Crippen molar-refractivity contribution < 1.29 is 14.6 Å². The van der Waals surface area contributed by atoms with Crippen LogP contribution >= 0.6 is 0 Å². The van der Waals surface area contributed by atoms with Gasteiger partial charge in [0.15, 0.2) is 0 Å². The number of carbonyl (C=O) groups excluding carboxylic acids is 1. The number of nitriles is 1. The molecule has 0 radical (unpaired) electrons. The van der Waals surface area contributed by atoms with E-state index >= 15 is 0 Å². The molecule has 2 aromatic rings. The number of aromatic hydroxyl groups is 1. The monoisotopic (exact) mass is 296 g/mol. The van der Waals surface area contributed by atoms with Crippen LogP contribution in [0.3, 0.4) is 0 Å². The average molecular weight is 296 g/mol. The fourth-order valence-corrected chi connectivity index (χ4v) is 1.88. The first-order chi connectivity index (χ1) is 10.7. The minimum Gasteiger partial charge on any atom is -0.508 e. The van der Waals surface area contributed by atoms with Crippen molar-refractivity contribution in [3.05, 3.63) is 59.7 Å². The van der Waals surface area contributed by atoms with E-state index < -0.39 is 0 Å². The van der Waals surface area contributed by atoms with Crippen molar-refractivity contribution in [1.29, 1.82) is 5.26 Å². The van der Waals surface area contributed by atoms with Crippen LogP contribution in [0, 0.1) is 11.3 Å². The molecule has 0 spiro atoms. The van der Waals surface area contributed by atoms with Crippen LogP contribution in [0.2, 0.25) is 0 Å². The van der Waals surface area contributed by atoms with Gasteiger partial charge in [0.25, 0.3) is 0 Å². The summed E-state index contributed by atoms with van der Waals surface area (Å²) >= 11 is 0. The molecular weight excluding hydrogens is 280 g/mol. The minimum absolute atomic E-state index is 0.117. The number of rotatable bonds is 6. The molecule has 0 saturated heterocycles. The van der Waals surface area contributed by atoms with Gasteiger partial charge in [-0.05, 0) is 30.3 Å². The van der Waals surface area contributed by atoms with E-state index in [4.69, 9.17) is 10.00 Å². The van der Waals surface area contributed by atoms with Gasteiger partial charge in [-0.1, -0.05) is 18.2 Å². The van der Waals surface area contributed by atoms with Crippen LogP contribution in [0.4, 0.5) is 0 Å². The number of ether oxygens (including phenoxy) is 1. The molecule has 0 saturated carbocycles. The van der Waals surface area contributed by atoms with Crippen LogP contribution in [0.5, 0.6) is 11.5 Å². The van der Waals surface area contributed by atoms with Gasteiger partial charge < -0.3 is 15.2 Å². The minimum atomic E-state index is -0.176. The Morgan fingerprint density at radius 2 is 1.91 bits per heavy atom. The van der Waals surface area contributed by atoms with E-state index in [0.29, 0.717) is 30.0 Å². The molecular formula is C17H16N2O3. The summed E-state index contributed by atoms with van der Waals surface area (Å²) in [6.07, 6.45) is 0.129. The fraction of sp³-hybridized carbons (Fsp3) is 0.176. The number of phenols is 1. The lowest BCUT2D eigenvalue weighted by Gasteiger charge is -2.08. The van der Waals surface area contributed by atoms with E-state index in [0.717, 1.165) is 0 Å². The Kier molecular flexibility index (Phi) is 5.38. The lowest BCUT2D eigenvalue weighted by Crippen LogP contribution is -2.29. The molecule has 5 heteroatoms. The molecule has 22 heavy (non-hydrogen) atoms. The van der Waals surface area contributed by atoms with Gasteiger partial charge in [-0.15, -0.1) is 0 Å². The summed E-state index contributed by atoms with van der Waals surface area (Å²) in [5, 5.41) is 21.0. The first kappa shape index (κ1) is 15.4. The summed E-state index contributed by atoms with van der Waals surface area (Å²) in [7, 11) is 0. The van der Waals surface area contributed by atoms with E-state index in [1.54, 1.807) is 48.5 Å². The van der Waals surface area contributed by atoms with Crippen LogP contribution in [-0.4, -0.2) is 24.2 Å². The summed E-state index contributed by atoms with van der Waals surface area (Å²) in [6, 6.07) is 15.5. The van der Waals surface area contributed by atoms with Gasteiger partial charge in [-0.25, -0.2) is 0 Å². The van der Waals surface area contributed by atoms with Gasteiger partial charge in [-0.3, -0.25) is 4.79 Å². The molecule has 0 unspecified atom stereocenters. The number of para-hydroxylation sites is 1. The predicted molar refractivity (Wildman–Crippen MR) is 81.5 cm³/mol. The summed E-state index contributed by atoms with van der Waals surface area (Å²) < 4.78 is 5.46. The van der Waals surface area contributed by atoms with Gasteiger partial charge in [0, 0.05) is 5.56 Å². The second kappa shape index (κ2) is 7.70. The number of phenolic OH excluding ortho intramolecular Hbond substituents is 1. The van der Waals surface area contributed by atoms with Crippen LogP contribution < -0.4 is 10.1 Å². The van der Waals surface area contributed by atoms with E-state index in [-0.39, 0.29) is 18.1 Å². The number of amides is 1. The van der Waals surface area contributed by atoms with Crippen molar-refractivity contribution in [2.24, 2.45) is 0 Å². The Labute approximate surface area is 128 Å². The lowest BCUT2D eigenvalue weighted by atomic mass is 10.1. The Balaban J connectivity index is 1.71. The number of hydrogen-bond acceptors (Lipinski definition) is 4. The molecule has 0 aliphatic rings. The highest BCUT2D eigenvalue weighted by molar-refractivity contribution is 5.79. The molecule has 0 atom stereocenters. The standard InChI is InChI=1S/C17H16N2O3/c18-12-13-5-7-15(8-6-13)22-10-9-19-17(21)11-14-3-1-2-4-16(14)20/h1-8,20H,9-11H2,(H,19,21). The largest absolute Gasteiger partial charge is 0.508 e. The van der Waals surface area contributed by atoms with Crippen molar-refractivity contribution in [2.75, 3.05) is 13.2 Å². The summed E-state index contributed by atoms with van der Waals surface area (Å²) in [5.41, 5.74) is 1.16. The Hall–Kier alpha value is -3.00. The Morgan fingerprint density at radius 3 is 2.59 bits per heavy atom. The van der Waals surface area contributed by atoms with Crippen molar-refractivity contribution >= 4 is 5.91 Å². The molecule has 1 amide bonds. The normalized spacial score (nSPS) is 9.77. The maximum Gasteiger partial charge on any atom is 0.224 e. The van der Waals surface area contributed by atoms with Crippen LogP contribution in [0.1, 0.15) is 11.1 Å². The van der Waals surface area contributed by atoms with Crippen LogP contribution in [-0.2, 0) is 11.2 Å². The lowest BCUT2D eigenvalue weighted by molar-refractivity contribution is -0.120. The molecule has 112 valence electrons. The number of carbonyl (C=O) groups is 1. The topological polar surface area (TPSA) is 82.3 Å². The third-order valence-corrected chi connectivity index (χ3v) is 3.02. The molecule has 0 aliphatic carbocycles. The zero-order valence-electron chi connectivity index (χ0n) is 12.0. The van der Waals surface area contributed by atoms with Gasteiger partial charge >= 0.3 is 0 Å². The van der Waals surface area contributed by atoms with Crippen molar-refractivity contribution in [2.45, 2.75) is 6.42 Å². The van der Waals surface area contributed by atoms with Crippen LogP contribution in [0.25, 0.3) is 0 Å². The number of nitrogens with zero attached hydrogens (tertiary/aromatic N) is 1. The van der Waals surface area contributed by atoms with Gasteiger partial charge in [0.1, 0.15) is 18.1 Å². The SMILES string of the molecule is N#Cc1ccc(OCCNC(=O)Cc2ccccc2O)cc1. The third-order valence-electron chi connectivity index (χ3n) is 3.02. The van der Waals surface area contributed by atoms with Crippen LogP contribution in [0.15, 0.2) is 48.5 Å².